The first-order valence-corrected chi connectivity index (χ1v) is 9.41. The lowest BCUT2D eigenvalue weighted by Crippen LogP contribution is -2.30. The van der Waals surface area contributed by atoms with Gasteiger partial charge in [0, 0.05) is 10.4 Å². The van der Waals surface area contributed by atoms with Gasteiger partial charge in [0.05, 0.1) is 11.7 Å². The van der Waals surface area contributed by atoms with E-state index in [-0.39, 0.29) is 17.8 Å². The van der Waals surface area contributed by atoms with Crippen molar-refractivity contribution in [3.8, 4) is 0 Å². The van der Waals surface area contributed by atoms with Gasteiger partial charge in [-0.25, -0.2) is 4.39 Å². The summed E-state index contributed by atoms with van der Waals surface area (Å²) < 4.78 is 15.5. The number of nitrogens with one attached hydrogen (secondary N) is 1. The molecule has 1 nitrogen and oxygen atoms in total. The molecular formula is C22H17BrFN. The van der Waals surface area contributed by atoms with E-state index in [1.807, 2.05) is 0 Å². The van der Waals surface area contributed by atoms with Crippen LogP contribution < -0.4 is 5.32 Å². The second-order valence-corrected chi connectivity index (χ2v) is 7.81. The van der Waals surface area contributed by atoms with Crippen LogP contribution >= 0.6 is 15.9 Å². The van der Waals surface area contributed by atoms with Crippen LogP contribution in [0.5, 0.6) is 0 Å². The highest BCUT2D eigenvalue weighted by molar-refractivity contribution is 9.10. The van der Waals surface area contributed by atoms with Crippen molar-refractivity contribution in [1.29, 1.82) is 0 Å². The zero-order valence-electron chi connectivity index (χ0n) is 13.5. The van der Waals surface area contributed by atoms with Crippen molar-refractivity contribution in [2.45, 2.75) is 18.4 Å². The van der Waals surface area contributed by atoms with Gasteiger partial charge in [-0.05, 0) is 46.4 Å². The van der Waals surface area contributed by atoms with E-state index in [1.165, 1.54) is 16.3 Å². The van der Waals surface area contributed by atoms with E-state index in [2.05, 4.69) is 81.9 Å². The predicted octanol–water partition coefficient (Wildman–Crippen LogP) is 6.57. The summed E-state index contributed by atoms with van der Waals surface area (Å²) in [6.07, 6.45) is 5.50. The average molecular weight is 394 g/mol. The van der Waals surface area contributed by atoms with Gasteiger partial charge in [-0.2, -0.15) is 0 Å². The Kier molecular flexibility index (Phi) is 3.46. The molecular weight excluding hydrogens is 377 g/mol. The lowest BCUT2D eigenvalue weighted by molar-refractivity contribution is 0.422. The fourth-order valence-electron chi connectivity index (χ4n) is 4.45. The first-order chi connectivity index (χ1) is 12.2. The van der Waals surface area contributed by atoms with Crippen LogP contribution in [0.1, 0.15) is 29.5 Å². The molecule has 0 radical (unpaired) electrons. The summed E-state index contributed by atoms with van der Waals surface area (Å²) in [4.78, 5) is 0. The highest BCUT2D eigenvalue weighted by Gasteiger charge is 2.39. The smallest absolute Gasteiger partial charge is 0.147 e. The number of fused-ring (bicyclic) bond motifs is 4. The SMILES string of the molecule is Fc1cc(Br)cc2c1N[C@H](c1cccc3ccccc13)[C@@H]1CC=C[C@H]21. The number of anilines is 1. The lowest BCUT2D eigenvalue weighted by atomic mass is 9.76. The standard InChI is InChI=1S/C22H17BrFN/c23-14-11-19-16-8-4-10-18(16)21(25-22(19)20(24)12-14)17-9-3-6-13-5-1-2-7-15(13)17/h1-9,11-12,16,18,21,25H,10H2/t16-,18+,21+/m0/s1. The van der Waals surface area contributed by atoms with Crippen LogP contribution in [-0.4, -0.2) is 0 Å². The van der Waals surface area contributed by atoms with Gasteiger partial charge in [-0.3, -0.25) is 0 Å². The number of hydrogen-bond donors (Lipinski definition) is 1. The highest BCUT2D eigenvalue weighted by Crippen LogP contribution is 2.51. The van der Waals surface area contributed by atoms with E-state index < -0.39 is 0 Å². The molecule has 124 valence electrons. The third-order valence-corrected chi connectivity index (χ3v) is 6.00. The summed E-state index contributed by atoms with van der Waals surface area (Å²) in [7, 11) is 0. The Bertz CT molecular complexity index is 1000. The molecule has 3 heteroatoms. The van der Waals surface area contributed by atoms with E-state index in [1.54, 1.807) is 6.07 Å². The molecule has 2 aliphatic rings. The topological polar surface area (TPSA) is 12.0 Å². The summed E-state index contributed by atoms with van der Waals surface area (Å²) in [6.45, 7) is 0. The molecule has 3 atom stereocenters. The van der Waals surface area contributed by atoms with Crippen molar-refractivity contribution in [3.05, 3.63) is 88.2 Å². The minimum absolute atomic E-state index is 0.106. The molecule has 0 saturated carbocycles. The largest absolute Gasteiger partial charge is 0.375 e. The zero-order chi connectivity index (χ0) is 17.0. The summed E-state index contributed by atoms with van der Waals surface area (Å²) in [5.74, 6) is 0.479. The molecule has 0 fully saturated rings. The molecule has 0 bridgehead atoms. The van der Waals surface area contributed by atoms with Crippen LogP contribution in [0.3, 0.4) is 0 Å². The van der Waals surface area contributed by atoms with Crippen LogP contribution in [0.2, 0.25) is 0 Å². The Balaban J connectivity index is 1.70. The van der Waals surface area contributed by atoms with E-state index in [4.69, 9.17) is 0 Å². The molecule has 0 saturated heterocycles. The van der Waals surface area contributed by atoms with Crippen LogP contribution in [0, 0.1) is 11.7 Å². The molecule has 1 aliphatic carbocycles. The quantitative estimate of drug-likeness (QED) is 0.461. The molecule has 3 aromatic carbocycles. The second-order valence-electron chi connectivity index (χ2n) is 6.90. The minimum Gasteiger partial charge on any atom is -0.375 e. The average Bonchev–Trinajstić information content (AvgIpc) is 3.11. The summed E-state index contributed by atoms with van der Waals surface area (Å²) in [5.41, 5.74) is 2.96. The molecule has 0 aromatic heterocycles. The third-order valence-electron chi connectivity index (χ3n) is 5.54. The lowest BCUT2D eigenvalue weighted by Gasteiger charge is -2.38. The van der Waals surface area contributed by atoms with Gasteiger partial charge in [0.1, 0.15) is 5.82 Å². The number of hydrogen-bond acceptors (Lipinski definition) is 1. The Hall–Kier alpha value is -2.13. The van der Waals surface area contributed by atoms with Gasteiger partial charge < -0.3 is 5.32 Å². The van der Waals surface area contributed by atoms with Crippen molar-refractivity contribution in [3.63, 3.8) is 0 Å². The molecule has 5 rings (SSSR count). The molecule has 0 spiro atoms. The number of halogens is 2. The van der Waals surface area contributed by atoms with E-state index in [0.717, 1.165) is 16.5 Å². The molecule has 25 heavy (non-hydrogen) atoms. The maximum atomic E-state index is 14.7. The Morgan fingerprint density at radius 1 is 1.00 bits per heavy atom. The van der Waals surface area contributed by atoms with Crippen LogP contribution in [0.25, 0.3) is 10.8 Å². The third kappa shape index (κ3) is 2.33. The van der Waals surface area contributed by atoms with Gasteiger partial charge in [-0.15, -0.1) is 0 Å². The fraction of sp³-hybridized carbons (Fsp3) is 0.182. The fourth-order valence-corrected chi connectivity index (χ4v) is 4.90. The second kappa shape index (κ2) is 5.70. The van der Waals surface area contributed by atoms with Crippen molar-refractivity contribution in [1.82, 2.24) is 0 Å². The van der Waals surface area contributed by atoms with E-state index in [9.17, 15) is 4.39 Å². The monoisotopic (exact) mass is 393 g/mol. The van der Waals surface area contributed by atoms with Crippen LogP contribution in [-0.2, 0) is 0 Å². The van der Waals surface area contributed by atoms with Crippen molar-refractivity contribution in [2.24, 2.45) is 5.92 Å². The van der Waals surface area contributed by atoms with Crippen molar-refractivity contribution in [2.75, 3.05) is 5.32 Å². The highest BCUT2D eigenvalue weighted by atomic mass is 79.9. The maximum Gasteiger partial charge on any atom is 0.147 e. The summed E-state index contributed by atoms with van der Waals surface area (Å²) in [5, 5.41) is 6.01. The molecule has 1 heterocycles. The Labute approximate surface area is 154 Å². The van der Waals surface area contributed by atoms with E-state index in [0.29, 0.717) is 11.6 Å². The number of benzene rings is 3. The maximum absolute atomic E-state index is 14.7. The summed E-state index contributed by atoms with van der Waals surface area (Å²) in [6, 6.07) is 18.6. The van der Waals surface area contributed by atoms with Gasteiger partial charge in [0.25, 0.3) is 0 Å². The van der Waals surface area contributed by atoms with Crippen molar-refractivity contribution < 1.29 is 4.39 Å². The first kappa shape index (κ1) is 15.2. The number of rotatable bonds is 1. The van der Waals surface area contributed by atoms with Gasteiger partial charge in [0.2, 0.25) is 0 Å². The molecule has 3 aromatic rings. The predicted molar refractivity (Wildman–Crippen MR) is 104 cm³/mol. The van der Waals surface area contributed by atoms with Gasteiger partial charge in [0.15, 0.2) is 0 Å². The normalized spacial score (nSPS) is 24.0. The van der Waals surface area contributed by atoms with E-state index >= 15 is 0 Å². The Morgan fingerprint density at radius 2 is 1.84 bits per heavy atom. The molecule has 0 amide bonds. The van der Waals surface area contributed by atoms with Crippen LogP contribution in [0.4, 0.5) is 10.1 Å². The molecule has 1 aliphatic heterocycles. The molecule has 1 N–H and O–H groups in total. The minimum atomic E-state index is -0.187. The van der Waals surface area contributed by atoms with Gasteiger partial charge in [-0.1, -0.05) is 70.5 Å². The van der Waals surface area contributed by atoms with Crippen LogP contribution in [0.15, 0.2) is 71.2 Å². The van der Waals surface area contributed by atoms with Gasteiger partial charge >= 0.3 is 0 Å². The summed E-state index contributed by atoms with van der Waals surface area (Å²) >= 11 is 3.44. The first-order valence-electron chi connectivity index (χ1n) is 8.62. The molecule has 0 unspecified atom stereocenters. The number of allylic oxidation sites excluding steroid dienone is 2. The van der Waals surface area contributed by atoms with Crippen molar-refractivity contribution >= 4 is 32.4 Å². The Morgan fingerprint density at radius 3 is 2.76 bits per heavy atom. The zero-order valence-corrected chi connectivity index (χ0v) is 15.1.